The van der Waals surface area contributed by atoms with E-state index in [-0.39, 0.29) is 25.9 Å². The monoisotopic (exact) mass is 1060 g/mol. The van der Waals surface area contributed by atoms with Gasteiger partial charge in [-0.2, -0.15) is 0 Å². The molecule has 0 aromatic carbocycles. The molecule has 0 aromatic heterocycles. The van der Waals surface area contributed by atoms with E-state index < -0.39 is 67.3 Å². The lowest BCUT2D eigenvalue weighted by Gasteiger charge is -2.40. The van der Waals surface area contributed by atoms with Crippen molar-refractivity contribution in [1.82, 2.24) is 0 Å². The molecule has 1 aliphatic rings. The van der Waals surface area contributed by atoms with Crippen LogP contribution in [0, 0.1) is 0 Å². The molecule has 12 heteroatoms. The number of aliphatic hydroxyl groups is 2. The smallest absolute Gasteiger partial charge is 0.335 e. The summed E-state index contributed by atoms with van der Waals surface area (Å²) in [6, 6.07) is 0. The Morgan fingerprint density at radius 3 is 1.24 bits per heavy atom. The lowest BCUT2D eigenvalue weighted by molar-refractivity contribution is -0.301. The summed E-state index contributed by atoms with van der Waals surface area (Å²) >= 11 is 0. The zero-order chi connectivity index (χ0) is 54.7. The number of aliphatic carboxylic acids is 1. The molecule has 0 amide bonds. The fourth-order valence-corrected chi connectivity index (χ4v) is 9.39. The molecule has 0 spiro atoms. The normalized spacial score (nSPS) is 18.3. The number of hydrogen-bond acceptors (Lipinski definition) is 11. The first-order chi connectivity index (χ1) is 36.6. The predicted molar refractivity (Wildman–Crippen MR) is 303 cm³/mol. The van der Waals surface area contributed by atoms with Crippen LogP contribution in [-0.2, 0) is 42.9 Å². The minimum Gasteiger partial charge on any atom is -0.479 e. The fourth-order valence-electron chi connectivity index (χ4n) is 9.39. The first-order valence-corrected chi connectivity index (χ1v) is 31.0. The van der Waals surface area contributed by atoms with Gasteiger partial charge in [0.15, 0.2) is 24.6 Å². The lowest BCUT2D eigenvalue weighted by atomic mass is 9.98. The number of esters is 3. The molecule has 1 fully saturated rings. The first kappa shape index (κ1) is 70.0. The minimum atomic E-state index is -1.90. The third-order valence-electron chi connectivity index (χ3n) is 14.2. The van der Waals surface area contributed by atoms with Gasteiger partial charge in [0, 0.05) is 19.3 Å². The van der Waals surface area contributed by atoms with Crippen LogP contribution in [0.5, 0.6) is 0 Å². The maximum absolute atomic E-state index is 13.1. The van der Waals surface area contributed by atoms with Crippen molar-refractivity contribution < 1.29 is 58.2 Å². The molecule has 1 rings (SSSR count). The number of carbonyl (C=O) groups is 4. The van der Waals surface area contributed by atoms with Crippen LogP contribution in [0.15, 0.2) is 36.5 Å². The molecule has 0 aromatic rings. The van der Waals surface area contributed by atoms with Crippen LogP contribution >= 0.6 is 0 Å². The summed E-state index contributed by atoms with van der Waals surface area (Å²) in [4.78, 5) is 51.2. The summed E-state index contributed by atoms with van der Waals surface area (Å²) < 4.78 is 28.5. The van der Waals surface area contributed by atoms with Crippen LogP contribution in [0.1, 0.15) is 290 Å². The Morgan fingerprint density at radius 2 is 0.800 bits per heavy atom. The quantitative estimate of drug-likeness (QED) is 0.0228. The summed E-state index contributed by atoms with van der Waals surface area (Å²) in [5.41, 5.74) is 0. The number of carboxylic acids is 1. The highest BCUT2D eigenvalue weighted by molar-refractivity contribution is 5.74. The highest BCUT2D eigenvalue weighted by atomic mass is 16.7. The third-order valence-corrected chi connectivity index (χ3v) is 14.2. The van der Waals surface area contributed by atoms with Gasteiger partial charge in [-0.05, 0) is 77.0 Å². The van der Waals surface area contributed by atoms with Crippen molar-refractivity contribution in [2.75, 3.05) is 13.2 Å². The molecule has 1 heterocycles. The van der Waals surface area contributed by atoms with Crippen molar-refractivity contribution >= 4 is 23.9 Å². The molecular weight excluding hydrogens is 949 g/mol. The largest absolute Gasteiger partial charge is 0.479 e. The highest BCUT2D eigenvalue weighted by Gasteiger charge is 2.50. The van der Waals surface area contributed by atoms with E-state index in [0.717, 1.165) is 96.3 Å². The first-order valence-electron chi connectivity index (χ1n) is 31.0. The molecule has 0 saturated carbocycles. The van der Waals surface area contributed by atoms with Gasteiger partial charge >= 0.3 is 23.9 Å². The van der Waals surface area contributed by atoms with Crippen LogP contribution in [-0.4, -0.2) is 89.2 Å². The van der Waals surface area contributed by atoms with Crippen molar-refractivity contribution in [3.63, 3.8) is 0 Å². The van der Waals surface area contributed by atoms with E-state index >= 15 is 0 Å². The lowest BCUT2D eigenvalue weighted by Crippen LogP contribution is -2.61. The van der Waals surface area contributed by atoms with Crippen molar-refractivity contribution in [2.24, 2.45) is 0 Å². The Hall–Kier alpha value is -3.06. The minimum absolute atomic E-state index is 0.0531. The van der Waals surface area contributed by atoms with Crippen molar-refractivity contribution in [1.29, 1.82) is 0 Å². The van der Waals surface area contributed by atoms with E-state index in [1.807, 2.05) is 0 Å². The molecule has 75 heavy (non-hydrogen) atoms. The molecule has 0 bridgehead atoms. The summed E-state index contributed by atoms with van der Waals surface area (Å²) in [5, 5.41) is 31.5. The highest BCUT2D eigenvalue weighted by Crippen LogP contribution is 2.27. The van der Waals surface area contributed by atoms with E-state index in [1.54, 1.807) is 0 Å². The Labute approximate surface area is 457 Å². The van der Waals surface area contributed by atoms with E-state index in [9.17, 15) is 34.5 Å². The second-order valence-electron chi connectivity index (χ2n) is 21.3. The number of unbranched alkanes of at least 4 members (excludes halogenated alkanes) is 33. The van der Waals surface area contributed by atoms with E-state index in [2.05, 4.69) is 57.2 Å². The standard InChI is InChI=1S/C63H112O12/c1-4-7-10-13-16-19-22-25-27-28-30-32-34-37-40-43-46-49-55(64)71-52-54(73-56(65)50-47-44-41-38-35-31-24-21-18-15-12-9-6-3)53-72-63-61(59(68)58(67)60(75-63)62(69)70)74-57(66)51-48-45-42-39-36-33-29-26-23-20-17-14-11-8-5-2/h16,19,25-27,29,54,58-61,63,67-68H,4-15,17-18,20-24,28,30-53H2,1-3H3,(H,69,70)/b19-16-,27-25-,29-26-. The number of carbonyl (C=O) groups excluding carboxylic acids is 3. The van der Waals surface area contributed by atoms with Gasteiger partial charge in [0.2, 0.25) is 0 Å². The van der Waals surface area contributed by atoms with Crippen molar-refractivity contribution in [3.05, 3.63) is 36.5 Å². The molecule has 436 valence electrons. The molecule has 1 saturated heterocycles. The molecule has 6 unspecified atom stereocenters. The fraction of sp³-hybridized carbons (Fsp3) is 0.841. The van der Waals surface area contributed by atoms with Crippen LogP contribution in [0.25, 0.3) is 0 Å². The zero-order valence-electron chi connectivity index (χ0n) is 48.1. The van der Waals surface area contributed by atoms with Gasteiger partial charge in [0.1, 0.15) is 18.8 Å². The van der Waals surface area contributed by atoms with Gasteiger partial charge in [-0.1, -0.05) is 231 Å². The van der Waals surface area contributed by atoms with Gasteiger partial charge in [-0.25, -0.2) is 4.79 Å². The number of rotatable bonds is 53. The topological polar surface area (TPSA) is 175 Å². The zero-order valence-corrected chi connectivity index (χ0v) is 48.1. The second kappa shape index (κ2) is 51.7. The number of allylic oxidation sites excluding steroid dienone is 6. The van der Waals surface area contributed by atoms with Gasteiger partial charge < -0.3 is 39.0 Å². The summed E-state index contributed by atoms with van der Waals surface area (Å²) in [5.74, 6) is -3.11. The summed E-state index contributed by atoms with van der Waals surface area (Å²) in [6.07, 6.45) is 48.2. The Bertz CT molecular complexity index is 1450. The maximum Gasteiger partial charge on any atom is 0.335 e. The molecule has 0 aliphatic carbocycles. The summed E-state index contributed by atoms with van der Waals surface area (Å²) in [7, 11) is 0. The molecule has 0 radical (unpaired) electrons. The van der Waals surface area contributed by atoms with E-state index in [1.165, 1.54) is 135 Å². The number of hydrogen-bond donors (Lipinski definition) is 3. The Balaban J connectivity index is 2.67. The molecule has 12 nitrogen and oxygen atoms in total. The molecule has 1 aliphatic heterocycles. The average Bonchev–Trinajstić information content (AvgIpc) is 3.39. The SMILES string of the molecule is CCCCC/C=C\C/C=C\CCCCCCCCCC(=O)OCC(COC1OC(C(=O)O)C(O)C(O)C1OC(=O)CCCCCCC/C=C\CCCCCCCC)OC(=O)CCCCCCCCCCCCCCC. The summed E-state index contributed by atoms with van der Waals surface area (Å²) in [6.45, 7) is 5.98. The van der Waals surface area contributed by atoms with Gasteiger partial charge in [0.05, 0.1) is 6.61 Å². The number of aliphatic hydroxyl groups excluding tert-OH is 2. The third kappa shape index (κ3) is 41.7. The van der Waals surface area contributed by atoms with Crippen LogP contribution in [0.4, 0.5) is 0 Å². The molecule has 3 N–H and O–H groups in total. The average molecular weight is 1060 g/mol. The van der Waals surface area contributed by atoms with Crippen molar-refractivity contribution in [2.45, 2.75) is 327 Å². The second-order valence-corrected chi connectivity index (χ2v) is 21.3. The van der Waals surface area contributed by atoms with E-state index in [0.29, 0.717) is 19.3 Å². The van der Waals surface area contributed by atoms with Gasteiger partial charge in [-0.3, -0.25) is 14.4 Å². The number of ether oxygens (including phenoxy) is 5. The molecular formula is C63H112O12. The van der Waals surface area contributed by atoms with Crippen LogP contribution in [0.3, 0.4) is 0 Å². The van der Waals surface area contributed by atoms with Gasteiger partial charge in [0.25, 0.3) is 0 Å². The predicted octanol–water partition coefficient (Wildman–Crippen LogP) is 16.0. The molecule has 6 atom stereocenters. The Morgan fingerprint density at radius 1 is 0.440 bits per heavy atom. The van der Waals surface area contributed by atoms with Crippen LogP contribution < -0.4 is 0 Å². The van der Waals surface area contributed by atoms with Gasteiger partial charge in [-0.15, -0.1) is 0 Å². The van der Waals surface area contributed by atoms with Crippen molar-refractivity contribution in [3.8, 4) is 0 Å². The Kier molecular flexibility index (Phi) is 48.2. The van der Waals surface area contributed by atoms with Crippen LogP contribution in [0.2, 0.25) is 0 Å². The number of carboxylic acid groups (broad SMARTS) is 1. The van der Waals surface area contributed by atoms with E-state index in [4.69, 9.17) is 23.7 Å². The maximum atomic E-state index is 13.1.